The molecular formula is C37H40FN5O3. The zero-order chi connectivity index (χ0) is 32.4. The molecule has 3 aromatic carbocycles. The number of rotatable bonds is 9. The van der Waals surface area contributed by atoms with Crippen LogP contribution in [0.4, 0.5) is 15.8 Å². The predicted molar refractivity (Wildman–Crippen MR) is 180 cm³/mol. The van der Waals surface area contributed by atoms with Gasteiger partial charge < -0.3 is 19.5 Å². The highest BCUT2D eigenvalue weighted by molar-refractivity contribution is 6.08. The molecule has 0 spiro atoms. The first-order chi connectivity index (χ1) is 22.1. The van der Waals surface area contributed by atoms with E-state index in [1.165, 1.54) is 12.1 Å². The Kier molecular flexibility index (Phi) is 8.67. The smallest absolute Gasteiger partial charge is 0.338 e. The van der Waals surface area contributed by atoms with Crippen LogP contribution in [0.15, 0.2) is 85.2 Å². The van der Waals surface area contributed by atoms with Gasteiger partial charge in [-0.2, -0.15) is 5.10 Å². The number of esters is 1. The Morgan fingerprint density at radius 2 is 1.78 bits per heavy atom. The second kappa shape index (κ2) is 12.8. The fourth-order valence-corrected chi connectivity index (χ4v) is 6.21. The van der Waals surface area contributed by atoms with Crippen LogP contribution in [0.3, 0.4) is 0 Å². The summed E-state index contributed by atoms with van der Waals surface area (Å²) in [4.78, 5) is 28.0. The summed E-state index contributed by atoms with van der Waals surface area (Å²) in [7, 11) is 0. The van der Waals surface area contributed by atoms with Crippen LogP contribution in [0.1, 0.15) is 61.3 Å². The van der Waals surface area contributed by atoms with E-state index in [9.17, 15) is 14.0 Å². The first-order valence-corrected chi connectivity index (χ1v) is 15.9. The lowest BCUT2D eigenvalue weighted by atomic mass is 10.0. The molecule has 1 atom stereocenters. The van der Waals surface area contributed by atoms with Crippen molar-refractivity contribution in [1.29, 1.82) is 0 Å². The number of fused-ring (bicyclic) bond motifs is 1. The summed E-state index contributed by atoms with van der Waals surface area (Å²) in [5.41, 5.74) is 4.88. The number of nitrogens with zero attached hydrogens (tertiary/aromatic N) is 4. The highest BCUT2D eigenvalue weighted by Gasteiger charge is 2.26. The van der Waals surface area contributed by atoms with Crippen LogP contribution in [0.25, 0.3) is 22.2 Å². The second-order valence-corrected chi connectivity index (χ2v) is 12.9. The fraction of sp³-hybridized carbons (Fsp3) is 0.324. The molecule has 0 saturated carbocycles. The number of carbonyl (C=O) groups excluding carboxylic acids is 2. The number of benzene rings is 3. The van der Waals surface area contributed by atoms with Crippen LogP contribution in [0.2, 0.25) is 0 Å². The van der Waals surface area contributed by atoms with Crippen LogP contribution >= 0.6 is 0 Å². The van der Waals surface area contributed by atoms with Crippen molar-refractivity contribution in [3.05, 3.63) is 102 Å². The zero-order valence-electron chi connectivity index (χ0n) is 26.8. The van der Waals surface area contributed by atoms with Gasteiger partial charge in [0.25, 0.3) is 5.91 Å². The maximum Gasteiger partial charge on any atom is 0.338 e. The number of ether oxygens (including phenoxy) is 1. The van der Waals surface area contributed by atoms with Crippen LogP contribution in [0, 0.1) is 11.7 Å². The van der Waals surface area contributed by atoms with Gasteiger partial charge >= 0.3 is 5.97 Å². The van der Waals surface area contributed by atoms with Crippen molar-refractivity contribution >= 4 is 34.2 Å². The van der Waals surface area contributed by atoms with Crippen LogP contribution in [-0.2, 0) is 16.8 Å². The number of halogens is 1. The molecule has 1 aliphatic rings. The lowest BCUT2D eigenvalue weighted by Crippen LogP contribution is -2.24. The van der Waals surface area contributed by atoms with Gasteiger partial charge in [-0.05, 0) is 119 Å². The third-order valence-corrected chi connectivity index (χ3v) is 8.61. The van der Waals surface area contributed by atoms with Crippen molar-refractivity contribution in [1.82, 2.24) is 14.3 Å². The Morgan fingerprint density at radius 3 is 2.50 bits per heavy atom. The van der Waals surface area contributed by atoms with E-state index in [0.717, 1.165) is 54.6 Å². The van der Waals surface area contributed by atoms with E-state index in [1.54, 1.807) is 18.3 Å². The van der Waals surface area contributed by atoms with Crippen molar-refractivity contribution in [2.45, 2.75) is 52.6 Å². The molecule has 5 aromatic rings. The molecule has 238 valence electrons. The standard InChI is InChI=1S/C37H40FN5O3/c1-5-46-36(45)28-9-14-31(15-10-28)42-20-17-25(24-42)16-19-41-21-18-26-8-13-30(22-33(26)41)40-35(44)32-23-39-43(37(2,3)4)34(32)27-6-11-29(38)12-7-27/h6-15,18,21-23,25H,5,16-17,19-20,24H2,1-4H3,(H,40,44). The van der Waals surface area contributed by atoms with Crippen molar-refractivity contribution in [2.75, 3.05) is 29.9 Å². The van der Waals surface area contributed by atoms with E-state index < -0.39 is 0 Å². The average molecular weight is 622 g/mol. The van der Waals surface area contributed by atoms with E-state index in [2.05, 4.69) is 32.1 Å². The first kappa shape index (κ1) is 31.1. The largest absolute Gasteiger partial charge is 0.462 e. The number of hydrogen-bond donors (Lipinski definition) is 1. The van der Waals surface area contributed by atoms with Crippen molar-refractivity contribution in [3.63, 3.8) is 0 Å². The maximum absolute atomic E-state index is 13.7. The van der Waals surface area contributed by atoms with E-state index >= 15 is 0 Å². The molecule has 1 saturated heterocycles. The summed E-state index contributed by atoms with van der Waals surface area (Å²) < 4.78 is 22.9. The lowest BCUT2D eigenvalue weighted by molar-refractivity contribution is 0.0526. The molecule has 46 heavy (non-hydrogen) atoms. The van der Waals surface area contributed by atoms with Gasteiger partial charge in [0.1, 0.15) is 5.82 Å². The molecule has 9 heteroatoms. The summed E-state index contributed by atoms with van der Waals surface area (Å²) in [5.74, 6) is -0.343. The Labute approximate surface area is 268 Å². The molecular weight excluding hydrogens is 581 g/mol. The van der Waals surface area contributed by atoms with Gasteiger partial charge in [-0.1, -0.05) is 6.07 Å². The van der Waals surface area contributed by atoms with Crippen LogP contribution in [0.5, 0.6) is 0 Å². The monoisotopic (exact) mass is 621 g/mol. The number of carbonyl (C=O) groups is 2. The lowest BCUT2D eigenvalue weighted by Gasteiger charge is -2.23. The van der Waals surface area contributed by atoms with Gasteiger partial charge in [-0.3, -0.25) is 9.48 Å². The molecule has 0 aliphatic carbocycles. The van der Waals surface area contributed by atoms with Crippen molar-refractivity contribution in [3.8, 4) is 11.3 Å². The Morgan fingerprint density at radius 1 is 1.02 bits per heavy atom. The number of aryl methyl sites for hydroxylation is 1. The van der Waals surface area contributed by atoms with Gasteiger partial charge in [0.05, 0.1) is 40.7 Å². The zero-order valence-corrected chi connectivity index (χ0v) is 26.8. The Hall–Kier alpha value is -4.92. The van der Waals surface area contributed by atoms with Crippen molar-refractivity contribution < 1.29 is 18.7 Å². The van der Waals surface area contributed by atoms with E-state index in [4.69, 9.17) is 4.74 Å². The topological polar surface area (TPSA) is 81.4 Å². The van der Waals surface area contributed by atoms with E-state index in [-0.39, 0.29) is 23.2 Å². The minimum atomic E-state index is -0.382. The molecule has 1 N–H and O–H groups in total. The maximum atomic E-state index is 13.7. The minimum Gasteiger partial charge on any atom is -0.462 e. The summed E-state index contributed by atoms with van der Waals surface area (Å²) in [6.07, 6.45) is 5.83. The normalized spacial score (nSPS) is 15.0. The molecule has 2 aromatic heterocycles. The molecule has 0 radical (unpaired) electrons. The minimum absolute atomic E-state index is 0.270. The van der Waals surface area contributed by atoms with Gasteiger partial charge in [-0.25, -0.2) is 9.18 Å². The Balaban J connectivity index is 1.13. The summed E-state index contributed by atoms with van der Waals surface area (Å²) in [6.45, 7) is 11.1. The van der Waals surface area contributed by atoms with Crippen LogP contribution < -0.4 is 10.2 Å². The van der Waals surface area contributed by atoms with E-state index in [1.807, 2.05) is 74.8 Å². The second-order valence-electron chi connectivity index (χ2n) is 12.9. The third-order valence-electron chi connectivity index (χ3n) is 8.61. The summed E-state index contributed by atoms with van der Waals surface area (Å²) in [5, 5.41) is 8.73. The SMILES string of the molecule is CCOC(=O)c1ccc(N2CCC(CCn3ccc4ccc(NC(=O)c5cnn(C(C)(C)C)c5-c5ccc(F)cc5)cc43)C2)cc1. The predicted octanol–water partition coefficient (Wildman–Crippen LogP) is 7.74. The van der Waals surface area contributed by atoms with E-state index in [0.29, 0.717) is 35.0 Å². The van der Waals surface area contributed by atoms with Gasteiger partial charge in [0, 0.05) is 42.8 Å². The number of anilines is 2. The fourth-order valence-electron chi connectivity index (χ4n) is 6.21. The first-order valence-electron chi connectivity index (χ1n) is 15.9. The summed E-state index contributed by atoms with van der Waals surface area (Å²) in [6, 6.07) is 21.9. The number of amides is 1. The van der Waals surface area contributed by atoms with Gasteiger partial charge in [0.2, 0.25) is 0 Å². The quantitative estimate of drug-likeness (QED) is 0.170. The average Bonchev–Trinajstić information content (AvgIpc) is 3.79. The molecule has 1 aliphatic heterocycles. The molecule has 1 amide bonds. The number of nitrogens with one attached hydrogen (secondary N) is 1. The molecule has 8 nitrogen and oxygen atoms in total. The third kappa shape index (κ3) is 6.54. The molecule has 6 rings (SSSR count). The Bertz CT molecular complexity index is 1850. The molecule has 1 unspecified atom stereocenters. The van der Waals surface area contributed by atoms with Crippen LogP contribution in [-0.4, -0.2) is 45.9 Å². The highest BCUT2D eigenvalue weighted by Crippen LogP contribution is 2.31. The van der Waals surface area contributed by atoms with Crippen molar-refractivity contribution in [2.24, 2.45) is 5.92 Å². The molecule has 1 fully saturated rings. The number of aromatic nitrogens is 3. The van der Waals surface area contributed by atoms with Gasteiger partial charge in [0.15, 0.2) is 0 Å². The molecule has 3 heterocycles. The molecule has 0 bridgehead atoms. The highest BCUT2D eigenvalue weighted by atomic mass is 19.1. The number of hydrogen-bond acceptors (Lipinski definition) is 5. The summed E-state index contributed by atoms with van der Waals surface area (Å²) >= 11 is 0. The van der Waals surface area contributed by atoms with Gasteiger partial charge in [-0.15, -0.1) is 0 Å².